The van der Waals surface area contributed by atoms with Crippen LogP contribution >= 0.6 is 0 Å². The first-order chi connectivity index (χ1) is 16.4. The maximum atomic E-state index is 13.6. The fourth-order valence-corrected chi connectivity index (χ4v) is 4.93. The van der Waals surface area contributed by atoms with E-state index < -0.39 is 0 Å². The molecule has 0 spiro atoms. The van der Waals surface area contributed by atoms with Gasteiger partial charge in [-0.1, -0.05) is 19.3 Å². The van der Waals surface area contributed by atoms with Gasteiger partial charge in [-0.2, -0.15) is 0 Å². The van der Waals surface area contributed by atoms with Gasteiger partial charge in [-0.15, -0.1) is 5.10 Å². The van der Waals surface area contributed by atoms with E-state index in [-0.39, 0.29) is 29.8 Å². The van der Waals surface area contributed by atoms with Gasteiger partial charge in [0.05, 0.1) is 18.7 Å². The van der Waals surface area contributed by atoms with Crippen LogP contribution in [0, 0.1) is 5.92 Å². The number of aldehydes is 1. The molecule has 0 aromatic carbocycles. The second kappa shape index (κ2) is 12.3. The topological polar surface area (TPSA) is 97.2 Å². The normalized spacial score (nSPS) is 19.2. The number of rotatable bonds is 10. The van der Waals surface area contributed by atoms with E-state index in [2.05, 4.69) is 5.10 Å². The van der Waals surface area contributed by atoms with Gasteiger partial charge in [0.15, 0.2) is 0 Å². The molecule has 10 heteroatoms. The summed E-state index contributed by atoms with van der Waals surface area (Å²) in [6, 6.07) is 1.03. The van der Waals surface area contributed by atoms with Gasteiger partial charge in [-0.25, -0.2) is 0 Å². The molecule has 1 aliphatic carbocycles. The minimum absolute atomic E-state index is 0.0737. The van der Waals surface area contributed by atoms with Crippen molar-refractivity contribution in [2.75, 3.05) is 53.6 Å². The number of hydrogen-bond donors (Lipinski definition) is 0. The Morgan fingerprint density at radius 3 is 2.41 bits per heavy atom. The fraction of sp³-hybridized carbons (Fsp3) is 0.750. The molecule has 1 aliphatic heterocycles. The zero-order valence-corrected chi connectivity index (χ0v) is 20.9. The van der Waals surface area contributed by atoms with Crippen LogP contribution in [-0.2, 0) is 21.4 Å². The van der Waals surface area contributed by atoms with Crippen molar-refractivity contribution >= 4 is 18.1 Å². The lowest BCUT2D eigenvalue weighted by molar-refractivity contribution is -0.142. The standard InChI is InChI=1S/C24H39N5O5/c1-18(17-30)26(2)22(19-8-6-5-7-9-19)24(32)29-12-10-28(11-13-29)23(31)20-16-21(25-27(20)3)34-15-14-33-4/h16-19,22H,5-15H2,1-4H3. The Morgan fingerprint density at radius 1 is 1.15 bits per heavy atom. The van der Waals surface area contributed by atoms with Gasteiger partial charge >= 0.3 is 0 Å². The monoisotopic (exact) mass is 477 g/mol. The molecular weight excluding hydrogens is 438 g/mol. The van der Waals surface area contributed by atoms with Crippen molar-refractivity contribution in [1.82, 2.24) is 24.5 Å². The van der Waals surface area contributed by atoms with Gasteiger partial charge in [-0.3, -0.25) is 19.2 Å². The highest BCUT2D eigenvalue weighted by Gasteiger charge is 2.38. The largest absolute Gasteiger partial charge is 0.474 e. The van der Waals surface area contributed by atoms with Crippen LogP contribution < -0.4 is 4.74 Å². The number of hydrogen-bond acceptors (Lipinski definition) is 7. The zero-order valence-electron chi connectivity index (χ0n) is 20.9. The van der Waals surface area contributed by atoms with Gasteiger partial charge in [0.25, 0.3) is 5.91 Å². The second-order valence-electron chi connectivity index (χ2n) is 9.34. The molecule has 2 heterocycles. The van der Waals surface area contributed by atoms with Gasteiger partial charge in [0.1, 0.15) is 18.6 Å². The Morgan fingerprint density at radius 2 is 1.79 bits per heavy atom. The first-order valence-electron chi connectivity index (χ1n) is 12.3. The van der Waals surface area contributed by atoms with Crippen molar-refractivity contribution in [3.63, 3.8) is 0 Å². The Balaban J connectivity index is 1.62. The Bertz CT molecular complexity index is 830. The molecule has 0 bridgehead atoms. The molecular formula is C24H39N5O5. The first kappa shape index (κ1) is 26.2. The van der Waals surface area contributed by atoms with Crippen LogP contribution in [0.1, 0.15) is 49.5 Å². The molecule has 190 valence electrons. The molecule has 3 rings (SSSR count). The van der Waals surface area contributed by atoms with Crippen molar-refractivity contribution in [3.05, 3.63) is 11.8 Å². The molecule has 10 nitrogen and oxygen atoms in total. The molecule has 2 fully saturated rings. The van der Waals surface area contributed by atoms with E-state index >= 15 is 0 Å². The number of methoxy groups -OCH3 is 1. The van der Waals surface area contributed by atoms with E-state index in [0.717, 1.165) is 32.0 Å². The summed E-state index contributed by atoms with van der Waals surface area (Å²) < 4.78 is 12.0. The Kier molecular flexibility index (Phi) is 9.46. The number of piperazine rings is 1. The second-order valence-corrected chi connectivity index (χ2v) is 9.34. The summed E-state index contributed by atoms with van der Waals surface area (Å²) in [5.41, 5.74) is 0.451. The number of carbonyl (C=O) groups excluding carboxylic acids is 3. The first-order valence-corrected chi connectivity index (χ1v) is 12.3. The molecule has 0 N–H and O–H groups in total. The minimum Gasteiger partial charge on any atom is -0.474 e. The molecule has 34 heavy (non-hydrogen) atoms. The van der Waals surface area contributed by atoms with E-state index in [1.165, 1.54) is 11.1 Å². The molecule has 1 saturated carbocycles. The van der Waals surface area contributed by atoms with Crippen molar-refractivity contribution in [2.45, 2.75) is 51.1 Å². The fourth-order valence-electron chi connectivity index (χ4n) is 4.93. The number of nitrogens with zero attached hydrogens (tertiary/aromatic N) is 5. The average molecular weight is 478 g/mol. The summed E-state index contributed by atoms with van der Waals surface area (Å²) in [5.74, 6) is 0.599. The van der Waals surface area contributed by atoms with Gasteiger partial charge in [0, 0.05) is 46.4 Å². The van der Waals surface area contributed by atoms with Gasteiger partial charge in [0.2, 0.25) is 11.8 Å². The summed E-state index contributed by atoms with van der Waals surface area (Å²) >= 11 is 0. The van der Waals surface area contributed by atoms with E-state index in [1.54, 1.807) is 25.1 Å². The molecule has 0 radical (unpaired) electrons. The van der Waals surface area contributed by atoms with Crippen LogP contribution in [0.4, 0.5) is 0 Å². The van der Waals surface area contributed by atoms with Crippen molar-refractivity contribution in [1.29, 1.82) is 0 Å². The highest BCUT2D eigenvalue weighted by Crippen LogP contribution is 2.30. The van der Waals surface area contributed by atoms with E-state index in [9.17, 15) is 14.4 Å². The SMILES string of the molecule is COCCOc1cc(C(=O)N2CCN(C(=O)C(C3CCCCC3)N(C)C(C)C=O)CC2)n(C)n1. The number of aromatic nitrogens is 2. The van der Waals surface area contributed by atoms with E-state index in [1.807, 2.05) is 23.8 Å². The number of aryl methyl sites for hydroxylation is 1. The van der Waals surface area contributed by atoms with Crippen molar-refractivity contribution in [2.24, 2.45) is 13.0 Å². The highest BCUT2D eigenvalue weighted by atomic mass is 16.5. The van der Waals surface area contributed by atoms with Crippen LogP contribution in [0.2, 0.25) is 0 Å². The predicted molar refractivity (Wildman–Crippen MR) is 127 cm³/mol. The number of amides is 2. The lowest BCUT2D eigenvalue weighted by atomic mass is 9.82. The maximum Gasteiger partial charge on any atom is 0.272 e. The quantitative estimate of drug-likeness (QED) is 0.369. The Hall–Kier alpha value is -2.46. The summed E-state index contributed by atoms with van der Waals surface area (Å²) in [4.78, 5) is 43.7. The predicted octanol–water partition coefficient (Wildman–Crippen LogP) is 1.20. The lowest BCUT2D eigenvalue weighted by Crippen LogP contribution is -2.58. The van der Waals surface area contributed by atoms with Crippen LogP contribution in [0.5, 0.6) is 5.88 Å². The zero-order chi connectivity index (χ0) is 24.7. The molecule has 2 unspecified atom stereocenters. The molecule has 1 saturated heterocycles. The van der Waals surface area contributed by atoms with Crippen LogP contribution in [0.15, 0.2) is 6.07 Å². The summed E-state index contributed by atoms with van der Waals surface area (Å²) in [5, 5.41) is 4.25. The van der Waals surface area contributed by atoms with Crippen LogP contribution in [-0.4, -0.2) is 108 Å². The van der Waals surface area contributed by atoms with E-state index in [0.29, 0.717) is 51.0 Å². The molecule has 1 aromatic heterocycles. The number of likely N-dealkylation sites (N-methyl/N-ethyl adjacent to an activating group) is 1. The molecule has 2 amide bonds. The Labute approximate surface area is 202 Å². The smallest absolute Gasteiger partial charge is 0.272 e. The van der Waals surface area contributed by atoms with Gasteiger partial charge < -0.3 is 24.1 Å². The van der Waals surface area contributed by atoms with Crippen LogP contribution in [0.3, 0.4) is 0 Å². The third-order valence-electron chi connectivity index (χ3n) is 7.12. The lowest BCUT2D eigenvalue weighted by Gasteiger charge is -2.42. The third-order valence-corrected chi connectivity index (χ3v) is 7.12. The summed E-state index contributed by atoms with van der Waals surface area (Å²) in [6.07, 6.45) is 6.39. The minimum atomic E-state index is -0.316. The van der Waals surface area contributed by atoms with Crippen molar-refractivity contribution < 1.29 is 23.9 Å². The third kappa shape index (κ3) is 6.15. The molecule has 2 aliphatic rings. The van der Waals surface area contributed by atoms with Gasteiger partial charge in [-0.05, 0) is 32.7 Å². The highest BCUT2D eigenvalue weighted by molar-refractivity contribution is 5.93. The number of carbonyl (C=O) groups is 3. The van der Waals surface area contributed by atoms with Crippen LogP contribution in [0.25, 0.3) is 0 Å². The summed E-state index contributed by atoms with van der Waals surface area (Å²) in [7, 11) is 5.19. The molecule has 2 atom stereocenters. The maximum absolute atomic E-state index is 13.6. The summed E-state index contributed by atoms with van der Waals surface area (Å²) in [6.45, 7) is 4.52. The molecule has 1 aromatic rings. The average Bonchev–Trinajstić information content (AvgIpc) is 3.24. The van der Waals surface area contributed by atoms with E-state index in [4.69, 9.17) is 9.47 Å². The van der Waals surface area contributed by atoms with Crippen molar-refractivity contribution in [3.8, 4) is 5.88 Å². The number of ether oxygens (including phenoxy) is 2.